The molecule has 104 valence electrons. The average molecular weight is 278 g/mol. The Morgan fingerprint density at radius 2 is 2.11 bits per heavy atom. The van der Waals surface area contributed by atoms with Crippen molar-refractivity contribution in [2.75, 3.05) is 25.0 Å². The molecule has 2 rings (SSSR count). The van der Waals surface area contributed by atoms with Gasteiger partial charge in [-0.05, 0) is 37.9 Å². The first-order chi connectivity index (χ1) is 9.28. The summed E-state index contributed by atoms with van der Waals surface area (Å²) >= 11 is 1.68. The minimum Gasteiger partial charge on any atom is -0.370 e. The largest absolute Gasteiger partial charge is 0.370 e. The van der Waals surface area contributed by atoms with Crippen molar-refractivity contribution in [3.63, 3.8) is 0 Å². The highest BCUT2D eigenvalue weighted by Crippen LogP contribution is 2.25. The smallest absolute Gasteiger partial charge is 0.146 e. The van der Waals surface area contributed by atoms with Gasteiger partial charge >= 0.3 is 0 Å². The van der Waals surface area contributed by atoms with Crippen molar-refractivity contribution in [3.05, 3.63) is 17.3 Å². The highest BCUT2D eigenvalue weighted by atomic mass is 32.1. The van der Waals surface area contributed by atoms with Crippen molar-refractivity contribution in [2.45, 2.75) is 33.7 Å². The van der Waals surface area contributed by atoms with Crippen molar-refractivity contribution < 1.29 is 0 Å². The second kappa shape index (κ2) is 6.82. The van der Waals surface area contributed by atoms with Crippen molar-refractivity contribution in [2.24, 2.45) is 0 Å². The lowest BCUT2D eigenvalue weighted by Gasteiger charge is -2.18. The molecule has 0 aliphatic rings. The fourth-order valence-electron chi connectivity index (χ4n) is 2.14. The van der Waals surface area contributed by atoms with Gasteiger partial charge in [-0.15, -0.1) is 11.3 Å². The van der Waals surface area contributed by atoms with Gasteiger partial charge in [0.25, 0.3) is 0 Å². The quantitative estimate of drug-likeness (QED) is 0.843. The van der Waals surface area contributed by atoms with Crippen molar-refractivity contribution in [1.29, 1.82) is 0 Å². The third-order valence-electron chi connectivity index (χ3n) is 3.07. The normalized spacial score (nSPS) is 11.4. The molecule has 19 heavy (non-hydrogen) atoms. The van der Waals surface area contributed by atoms with Gasteiger partial charge in [0, 0.05) is 6.54 Å². The Kier molecular flexibility index (Phi) is 5.10. The van der Waals surface area contributed by atoms with Crippen LogP contribution in [0.25, 0.3) is 10.2 Å². The van der Waals surface area contributed by atoms with E-state index in [1.54, 1.807) is 11.3 Å². The lowest BCUT2D eigenvalue weighted by molar-refractivity contribution is 0.274. The van der Waals surface area contributed by atoms with Crippen LogP contribution in [0.3, 0.4) is 0 Å². The summed E-state index contributed by atoms with van der Waals surface area (Å²) < 4.78 is 0. The van der Waals surface area contributed by atoms with Gasteiger partial charge in [0.2, 0.25) is 0 Å². The molecule has 0 fully saturated rings. The summed E-state index contributed by atoms with van der Waals surface area (Å²) in [6.45, 7) is 10.3. The molecule has 0 spiro atoms. The summed E-state index contributed by atoms with van der Waals surface area (Å²) in [5.74, 6) is 1.89. The van der Waals surface area contributed by atoms with Crippen LogP contribution in [0.5, 0.6) is 0 Å². The molecular formula is C14H22N4S. The van der Waals surface area contributed by atoms with Crippen LogP contribution in [-0.2, 0) is 6.54 Å². The van der Waals surface area contributed by atoms with Gasteiger partial charge in [-0.2, -0.15) is 0 Å². The van der Waals surface area contributed by atoms with Crippen LogP contribution in [0.4, 0.5) is 5.82 Å². The van der Waals surface area contributed by atoms with Crippen LogP contribution in [0, 0.1) is 0 Å². The van der Waals surface area contributed by atoms with Crippen LogP contribution in [0.15, 0.2) is 11.4 Å². The molecule has 2 heterocycles. The highest BCUT2D eigenvalue weighted by molar-refractivity contribution is 7.16. The Morgan fingerprint density at radius 3 is 2.79 bits per heavy atom. The standard InChI is InChI=1S/C14H22N4S/c1-4-8-18(6-3)10-12-16-13(15-5-2)11-7-9-19-14(11)17-12/h7,9H,4-6,8,10H2,1-3H3,(H,15,16,17). The Hall–Kier alpha value is -1.20. The molecule has 0 aromatic carbocycles. The number of fused-ring (bicyclic) bond motifs is 1. The lowest BCUT2D eigenvalue weighted by Crippen LogP contribution is -2.25. The lowest BCUT2D eigenvalue weighted by atomic mass is 10.3. The van der Waals surface area contributed by atoms with E-state index < -0.39 is 0 Å². The fraction of sp³-hybridized carbons (Fsp3) is 0.571. The third-order valence-corrected chi connectivity index (χ3v) is 3.87. The van der Waals surface area contributed by atoms with E-state index in [9.17, 15) is 0 Å². The minimum absolute atomic E-state index is 0.830. The summed E-state index contributed by atoms with van der Waals surface area (Å²) in [6, 6.07) is 2.09. The van der Waals surface area contributed by atoms with Gasteiger partial charge < -0.3 is 5.32 Å². The predicted molar refractivity (Wildman–Crippen MR) is 82.8 cm³/mol. The van der Waals surface area contributed by atoms with E-state index in [0.717, 1.165) is 54.5 Å². The molecular weight excluding hydrogens is 256 g/mol. The van der Waals surface area contributed by atoms with Crippen LogP contribution in [0.2, 0.25) is 0 Å². The van der Waals surface area contributed by atoms with Crippen LogP contribution in [0.1, 0.15) is 33.0 Å². The van der Waals surface area contributed by atoms with Gasteiger partial charge in [0.05, 0.1) is 11.9 Å². The number of nitrogens with zero attached hydrogens (tertiary/aromatic N) is 3. The van der Waals surface area contributed by atoms with E-state index in [4.69, 9.17) is 0 Å². The van der Waals surface area contributed by atoms with Crippen molar-refractivity contribution in [3.8, 4) is 0 Å². The maximum absolute atomic E-state index is 4.68. The molecule has 2 aromatic heterocycles. The highest BCUT2D eigenvalue weighted by Gasteiger charge is 2.10. The summed E-state index contributed by atoms with van der Waals surface area (Å²) in [6.07, 6.45) is 1.16. The molecule has 0 saturated carbocycles. The number of aromatic nitrogens is 2. The number of nitrogens with one attached hydrogen (secondary N) is 1. The minimum atomic E-state index is 0.830. The van der Waals surface area contributed by atoms with E-state index in [0.29, 0.717) is 0 Å². The first kappa shape index (κ1) is 14.2. The van der Waals surface area contributed by atoms with Crippen molar-refractivity contribution in [1.82, 2.24) is 14.9 Å². The molecule has 2 aromatic rings. The molecule has 0 saturated heterocycles. The molecule has 0 amide bonds. The number of rotatable bonds is 7. The van der Waals surface area contributed by atoms with Gasteiger partial charge in [-0.25, -0.2) is 9.97 Å². The Labute approximate surface area is 118 Å². The monoisotopic (exact) mass is 278 g/mol. The Morgan fingerprint density at radius 1 is 1.26 bits per heavy atom. The number of anilines is 1. The van der Waals surface area contributed by atoms with E-state index in [1.807, 2.05) is 0 Å². The van der Waals surface area contributed by atoms with Crippen LogP contribution < -0.4 is 5.32 Å². The zero-order valence-corrected chi connectivity index (χ0v) is 12.8. The molecule has 5 heteroatoms. The topological polar surface area (TPSA) is 41.1 Å². The Balaban J connectivity index is 2.27. The average Bonchev–Trinajstić information content (AvgIpc) is 2.87. The molecule has 1 N–H and O–H groups in total. The van der Waals surface area contributed by atoms with Crippen LogP contribution in [-0.4, -0.2) is 34.5 Å². The van der Waals surface area contributed by atoms with Crippen LogP contribution >= 0.6 is 11.3 Å². The predicted octanol–water partition coefficient (Wildman–Crippen LogP) is 3.36. The van der Waals surface area contributed by atoms with Gasteiger partial charge in [0.1, 0.15) is 16.5 Å². The summed E-state index contributed by atoms with van der Waals surface area (Å²) in [5.41, 5.74) is 0. The van der Waals surface area contributed by atoms with Gasteiger partial charge in [-0.3, -0.25) is 4.90 Å². The Bertz CT molecular complexity index is 523. The molecule has 4 nitrogen and oxygen atoms in total. The zero-order chi connectivity index (χ0) is 13.7. The maximum atomic E-state index is 4.68. The molecule has 0 bridgehead atoms. The van der Waals surface area contributed by atoms with E-state index >= 15 is 0 Å². The summed E-state index contributed by atoms with van der Waals surface area (Å²) in [4.78, 5) is 12.8. The second-order valence-electron chi connectivity index (χ2n) is 4.53. The first-order valence-corrected chi connectivity index (χ1v) is 7.86. The molecule has 0 aliphatic carbocycles. The molecule has 0 atom stereocenters. The summed E-state index contributed by atoms with van der Waals surface area (Å²) in [5, 5.41) is 6.55. The summed E-state index contributed by atoms with van der Waals surface area (Å²) in [7, 11) is 0. The number of thiophene rings is 1. The number of hydrogen-bond donors (Lipinski definition) is 1. The zero-order valence-electron chi connectivity index (χ0n) is 11.9. The van der Waals surface area contributed by atoms with E-state index in [1.165, 1.54) is 0 Å². The van der Waals surface area contributed by atoms with Crippen molar-refractivity contribution >= 4 is 27.4 Å². The number of hydrogen-bond acceptors (Lipinski definition) is 5. The van der Waals surface area contributed by atoms with Gasteiger partial charge in [-0.1, -0.05) is 13.8 Å². The van der Waals surface area contributed by atoms with E-state index in [-0.39, 0.29) is 0 Å². The SMILES string of the molecule is CCCN(CC)Cc1nc(NCC)c2ccsc2n1. The molecule has 0 unspecified atom stereocenters. The molecule has 0 radical (unpaired) electrons. The fourth-order valence-corrected chi connectivity index (χ4v) is 2.92. The first-order valence-electron chi connectivity index (χ1n) is 6.98. The third kappa shape index (κ3) is 3.42. The van der Waals surface area contributed by atoms with Gasteiger partial charge in [0.15, 0.2) is 0 Å². The molecule has 0 aliphatic heterocycles. The van der Waals surface area contributed by atoms with E-state index in [2.05, 4.69) is 52.4 Å². The second-order valence-corrected chi connectivity index (χ2v) is 5.42. The maximum Gasteiger partial charge on any atom is 0.146 e.